The van der Waals surface area contributed by atoms with Gasteiger partial charge in [-0.1, -0.05) is 0 Å². The average Bonchev–Trinajstić information content (AvgIpc) is 3.42. The summed E-state index contributed by atoms with van der Waals surface area (Å²) in [4.78, 5) is 44.5. The van der Waals surface area contributed by atoms with Gasteiger partial charge in [0.2, 0.25) is 5.89 Å². The minimum atomic E-state index is -1.95. The van der Waals surface area contributed by atoms with E-state index in [4.69, 9.17) is 18.6 Å². The van der Waals surface area contributed by atoms with Crippen LogP contribution >= 0.6 is 0 Å². The van der Waals surface area contributed by atoms with E-state index in [2.05, 4.69) is 30.8 Å². The van der Waals surface area contributed by atoms with Crippen LogP contribution in [0.1, 0.15) is 6.42 Å². The van der Waals surface area contributed by atoms with Crippen LogP contribution in [0.15, 0.2) is 71.5 Å². The number of aromatic nitrogens is 4. The van der Waals surface area contributed by atoms with Crippen LogP contribution in [0.3, 0.4) is 0 Å². The topological polar surface area (TPSA) is 168 Å². The van der Waals surface area contributed by atoms with Crippen molar-refractivity contribution in [3.8, 4) is 40.3 Å². The second kappa shape index (κ2) is 10.4. The van der Waals surface area contributed by atoms with Gasteiger partial charge in [-0.3, -0.25) is 20.2 Å². The first-order valence-electron chi connectivity index (χ1n) is 11.3. The van der Waals surface area contributed by atoms with Crippen LogP contribution in [0, 0.1) is 0 Å². The lowest BCUT2D eigenvalue weighted by molar-refractivity contribution is -0.153. The fourth-order valence-electron chi connectivity index (χ4n) is 3.60. The summed E-state index contributed by atoms with van der Waals surface area (Å²) in [6, 6.07) is 14.1. The smallest absolute Gasteiger partial charge is 0.328 e. The third-order valence-electron chi connectivity index (χ3n) is 5.52. The van der Waals surface area contributed by atoms with Crippen molar-refractivity contribution in [2.75, 3.05) is 13.7 Å². The standard InChI is InChI=1S/C25H20N6O7/c1-35-13-11-25(22(32)28-24(34)29-23(25)33)38-18-8-6-17(7-9-18)36-16-4-2-15(3-5-16)20-30-31-21(37-20)19-10-12-26-14-27-19/h2-10,12,14H,11,13H2,1H3,(H2,28,29,32,33,34). The molecule has 0 atom stereocenters. The molecule has 2 aromatic carbocycles. The summed E-state index contributed by atoms with van der Waals surface area (Å²) in [7, 11) is 1.43. The summed E-state index contributed by atoms with van der Waals surface area (Å²) in [6.45, 7) is 0.0533. The van der Waals surface area contributed by atoms with Crippen molar-refractivity contribution in [1.29, 1.82) is 0 Å². The van der Waals surface area contributed by atoms with Gasteiger partial charge in [0.25, 0.3) is 23.3 Å². The molecule has 2 aromatic heterocycles. The molecule has 2 N–H and O–H groups in total. The van der Waals surface area contributed by atoms with E-state index in [9.17, 15) is 14.4 Å². The first-order valence-corrected chi connectivity index (χ1v) is 11.3. The molecule has 3 heterocycles. The Kier molecular flexibility index (Phi) is 6.74. The lowest BCUT2D eigenvalue weighted by atomic mass is 9.95. The van der Waals surface area contributed by atoms with Crippen LogP contribution in [0.2, 0.25) is 0 Å². The molecule has 38 heavy (non-hydrogen) atoms. The molecule has 4 amide bonds. The lowest BCUT2D eigenvalue weighted by Crippen LogP contribution is -2.69. The van der Waals surface area contributed by atoms with Gasteiger partial charge >= 0.3 is 6.03 Å². The van der Waals surface area contributed by atoms with E-state index < -0.39 is 23.4 Å². The van der Waals surface area contributed by atoms with Gasteiger partial charge in [-0.25, -0.2) is 14.8 Å². The molecule has 5 rings (SSSR count). The second-order valence-corrected chi connectivity index (χ2v) is 8.01. The van der Waals surface area contributed by atoms with E-state index in [-0.39, 0.29) is 24.7 Å². The summed E-state index contributed by atoms with van der Waals surface area (Å²) in [5, 5.41) is 12.2. The minimum Gasteiger partial charge on any atom is -0.467 e. The SMILES string of the molecule is COCCC1(Oc2ccc(Oc3ccc(-c4nnc(-c5ccncn5)o4)cc3)cc2)C(=O)NC(=O)NC1=O. The quantitative estimate of drug-likeness (QED) is 0.314. The number of carbonyl (C=O) groups is 3. The van der Waals surface area contributed by atoms with E-state index >= 15 is 0 Å². The first-order chi connectivity index (χ1) is 18.5. The molecular weight excluding hydrogens is 496 g/mol. The highest BCUT2D eigenvalue weighted by Crippen LogP contribution is 2.30. The largest absolute Gasteiger partial charge is 0.467 e. The fourth-order valence-corrected chi connectivity index (χ4v) is 3.60. The maximum absolute atomic E-state index is 12.5. The van der Waals surface area contributed by atoms with Crippen molar-refractivity contribution in [1.82, 2.24) is 30.8 Å². The predicted molar refractivity (Wildman–Crippen MR) is 129 cm³/mol. The van der Waals surface area contributed by atoms with Gasteiger partial charge in [0, 0.05) is 25.3 Å². The van der Waals surface area contributed by atoms with Gasteiger partial charge < -0.3 is 18.6 Å². The lowest BCUT2D eigenvalue weighted by Gasteiger charge is -2.34. The monoisotopic (exact) mass is 516 g/mol. The number of amides is 4. The molecule has 0 aliphatic carbocycles. The third-order valence-corrected chi connectivity index (χ3v) is 5.52. The van der Waals surface area contributed by atoms with Crippen molar-refractivity contribution in [3.63, 3.8) is 0 Å². The fraction of sp³-hybridized carbons (Fsp3) is 0.160. The number of barbiturate groups is 1. The maximum atomic E-state index is 12.5. The van der Waals surface area contributed by atoms with Gasteiger partial charge in [0.15, 0.2) is 0 Å². The van der Waals surface area contributed by atoms with Crippen molar-refractivity contribution < 1.29 is 33.0 Å². The minimum absolute atomic E-state index is 0.0533. The third kappa shape index (κ3) is 5.03. The van der Waals surface area contributed by atoms with Crippen LogP contribution in [-0.2, 0) is 14.3 Å². The van der Waals surface area contributed by atoms with Gasteiger partial charge in [-0.2, -0.15) is 0 Å². The highest BCUT2D eigenvalue weighted by atomic mass is 16.5. The number of hydrogen-bond acceptors (Lipinski definition) is 11. The summed E-state index contributed by atoms with van der Waals surface area (Å²) < 4.78 is 22.4. The predicted octanol–water partition coefficient (Wildman–Crippen LogP) is 2.51. The van der Waals surface area contributed by atoms with Crippen LogP contribution in [-0.4, -0.2) is 57.3 Å². The Bertz CT molecular complexity index is 1440. The Morgan fingerprint density at radius 3 is 2.11 bits per heavy atom. The summed E-state index contributed by atoms with van der Waals surface area (Å²) >= 11 is 0. The highest BCUT2D eigenvalue weighted by molar-refractivity contribution is 6.21. The van der Waals surface area contributed by atoms with E-state index in [0.29, 0.717) is 28.6 Å². The molecule has 1 aliphatic heterocycles. The summed E-state index contributed by atoms with van der Waals surface area (Å²) in [5.74, 6) is 0.115. The van der Waals surface area contributed by atoms with Crippen LogP contribution in [0.25, 0.3) is 23.0 Å². The number of carbonyl (C=O) groups excluding carboxylic acids is 3. The number of nitrogens with zero attached hydrogens (tertiary/aromatic N) is 4. The van der Waals surface area contributed by atoms with E-state index in [1.807, 2.05) is 0 Å². The molecule has 0 radical (unpaired) electrons. The van der Waals surface area contributed by atoms with Gasteiger partial charge in [-0.05, 0) is 54.6 Å². The zero-order valence-electron chi connectivity index (χ0n) is 19.9. The molecule has 4 aromatic rings. The van der Waals surface area contributed by atoms with E-state index in [1.54, 1.807) is 60.8 Å². The molecule has 192 valence electrons. The second-order valence-electron chi connectivity index (χ2n) is 8.01. The molecule has 0 unspecified atom stereocenters. The zero-order valence-corrected chi connectivity index (χ0v) is 19.9. The van der Waals surface area contributed by atoms with Gasteiger partial charge in [0.1, 0.15) is 29.3 Å². The molecule has 0 spiro atoms. The van der Waals surface area contributed by atoms with Gasteiger partial charge in [-0.15, -0.1) is 10.2 Å². The number of nitrogens with one attached hydrogen (secondary N) is 2. The van der Waals surface area contributed by atoms with Crippen molar-refractivity contribution in [3.05, 3.63) is 67.1 Å². The van der Waals surface area contributed by atoms with E-state index in [0.717, 1.165) is 0 Å². The Hall–Kier alpha value is -5.17. The Morgan fingerprint density at radius 2 is 1.47 bits per heavy atom. The number of ether oxygens (including phenoxy) is 3. The molecule has 1 aliphatic rings. The molecular formula is C25H20N6O7. The van der Waals surface area contributed by atoms with Crippen LogP contribution in [0.5, 0.6) is 17.2 Å². The number of hydrogen-bond donors (Lipinski definition) is 2. The average molecular weight is 516 g/mol. The first kappa shape index (κ1) is 24.5. The van der Waals surface area contributed by atoms with Crippen molar-refractivity contribution in [2.24, 2.45) is 0 Å². The molecule has 1 saturated heterocycles. The Labute approximate surface area is 215 Å². The van der Waals surface area contributed by atoms with Crippen molar-refractivity contribution in [2.45, 2.75) is 12.0 Å². The number of rotatable bonds is 9. The Morgan fingerprint density at radius 1 is 0.842 bits per heavy atom. The van der Waals surface area contributed by atoms with Crippen molar-refractivity contribution >= 4 is 17.8 Å². The molecule has 13 nitrogen and oxygen atoms in total. The summed E-state index contributed by atoms with van der Waals surface area (Å²) in [5.41, 5.74) is -0.740. The number of urea groups is 1. The summed E-state index contributed by atoms with van der Waals surface area (Å²) in [6.07, 6.45) is 2.89. The maximum Gasteiger partial charge on any atom is 0.328 e. The highest BCUT2D eigenvalue weighted by Gasteiger charge is 2.52. The molecule has 1 fully saturated rings. The van der Waals surface area contributed by atoms with E-state index in [1.165, 1.54) is 13.4 Å². The molecule has 13 heteroatoms. The number of methoxy groups -OCH3 is 1. The number of imide groups is 2. The Balaban J connectivity index is 1.26. The van der Waals surface area contributed by atoms with Crippen LogP contribution in [0.4, 0.5) is 4.79 Å². The molecule has 0 saturated carbocycles. The number of benzene rings is 2. The molecule has 0 bridgehead atoms. The zero-order chi connectivity index (χ0) is 26.5. The van der Waals surface area contributed by atoms with Gasteiger partial charge in [0.05, 0.1) is 6.61 Å². The van der Waals surface area contributed by atoms with Crippen LogP contribution < -0.4 is 20.1 Å². The normalized spacial score (nSPS) is 14.5.